The van der Waals surface area contributed by atoms with Crippen molar-refractivity contribution in [3.63, 3.8) is 0 Å². The van der Waals surface area contributed by atoms with Gasteiger partial charge >= 0.3 is 0 Å². The largest absolute Gasteiger partial charge is 0.374 e. The number of rotatable bonds is 2. The number of likely N-dealkylation sites (tertiary alicyclic amines) is 1. The second-order valence-electron chi connectivity index (χ2n) is 6.35. The lowest BCUT2D eigenvalue weighted by Crippen LogP contribution is -2.62. The van der Waals surface area contributed by atoms with Crippen LogP contribution in [0.15, 0.2) is 24.9 Å². The molecule has 136 valence electrons. The summed E-state index contributed by atoms with van der Waals surface area (Å²) >= 11 is 0. The summed E-state index contributed by atoms with van der Waals surface area (Å²) in [6.45, 7) is 1.86. The third-order valence-electron chi connectivity index (χ3n) is 4.71. The van der Waals surface area contributed by atoms with Gasteiger partial charge in [0.15, 0.2) is 0 Å². The summed E-state index contributed by atoms with van der Waals surface area (Å²) < 4.78 is 7.33. The van der Waals surface area contributed by atoms with Gasteiger partial charge in [-0.15, -0.1) is 5.10 Å². The molecule has 0 N–H and O–H groups in total. The molecule has 2 atom stereocenters. The predicted octanol–water partition coefficient (Wildman–Crippen LogP) is -0.639. The van der Waals surface area contributed by atoms with Gasteiger partial charge in [-0.25, -0.2) is 9.97 Å². The lowest BCUT2D eigenvalue weighted by Gasteiger charge is -2.46. The third-order valence-corrected chi connectivity index (χ3v) is 4.71. The summed E-state index contributed by atoms with van der Waals surface area (Å²) in [5.41, 5.74) is 0.294. The maximum absolute atomic E-state index is 12.8. The lowest BCUT2D eigenvalue weighted by atomic mass is 9.98. The van der Waals surface area contributed by atoms with Gasteiger partial charge < -0.3 is 14.5 Å². The fourth-order valence-electron chi connectivity index (χ4n) is 3.44. The molecule has 0 aliphatic carbocycles. The van der Waals surface area contributed by atoms with Gasteiger partial charge in [-0.1, -0.05) is 0 Å². The highest BCUT2D eigenvalue weighted by Gasteiger charge is 2.41. The molecular weight excluding hydrogens is 338 g/mol. The summed E-state index contributed by atoms with van der Waals surface area (Å²) in [5, 5.41) is 4.08. The summed E-state index contributed by atoms with van der Waals surface area (Å²) in [7, 11) is 1.71. The number of nitrogens with zero attached hydrogens (tertiary/aromatic N) is 7. The molecule has 2 aliphatic heterocycles. The molecule has 2 fully saturated rings. The Balaban J connectivity index is 1.53. The Morgan fingerprint density at radius 1 is 1.19 bits per heavy atom. The molecule has 10 heteroatoms. The Morgan fingerprint density at radius 2 is 2.08 bits per heavy atom. The molecule has 0 aromatic carbocycles. The minimum absolute atomic E-state index is 0.0925. The molecule has 0 saturated carbocycles. The molecule has 0 spiro atoms. The van der Waals surface area contributed by atoms with Crippen LogP contribution in [-0.2, 0) is 11.8 Å². The number of piperidine rings is 1. The van der Waals surface area contributed by atoms with E-state index >= 15 is 0 Å². The number of carbonyl (C=O) groups excluding carboxylic acids is 2. The maximum atomic E-state index is 12.8. The highest BCUT2D eigenvalue weighted by molar-refractivity contribution is 5.93. The first kappa shape index (κ1) is 16.6. The topological polar surface area (TPSA) is 106 Å². The average molecular weight is 357 g/mol. The van der Waals surface area contributed by atoms with Gasteiger partial charge in [0.25, 0.3) is 11.8 Å². The first-order valence-electron chi connectivity index (χ1n) is 8.47. The molecule has 4 heterocycles. The number of amides is 2. The zero-order chi connectivity index (χ0) is 18.1. The van der Waals surface area contributed by atoms with Crippen LogP contribution in [0, 0.1) is 0 Å². The molecule has 2 aliphatic rings. The quantitative estimate of drug-likeness (QED) is 0.704. The number of hydrogen-bond donors (Lipinski definition) is 0. The van der Waals surface area contributed by atoms with Gasteiger partial charge in [0.1, 0.15) is 12.0 Å². The van der Waals surface area contributed by atoms with Crippen molar-refractivity contribution in [2.45, 2.75) is 18.6 Å². The van der Waals surface area contributed by atoms with E-state index in [-0.39, 0.29) is 29.8 Å². The van der Waals surface area contributed by atoms with E-state index < -0.39 is 0 Å². The van der Waals surface area contributed by atoms with Crippen molar-refractivity contribution in [3.8, 4) is 0 Å². The zero-order valence-corrected chi connectivity index (χ0v) is 14.4. The molecular formula is C16H19N7O3. The first-order chi connectivity index (χ1) is 12.6. The molecule has 0 unspecified atom stereocenters. The van der Waals surface area contributed by atoms with Gasteiger partial charge in [-0.3, -0.25) is 19.3 Å². The summed E-state index contributed by atoms with van der Waals surface area (Å²) in [4.78, 5) is 41.0. The SMILES string of the molecule is Cn1cnc(C(=O)N2CC[C@@H]3OCCN(C(=O)c4cnccn4)[C@H]3C2)n1. The van der Waals surface area contributed by atoms with Crippen molar-refractivity contribution >= 4 is 11.8 Å². The van der Waals surface area contributed by atoms with Crippen molar-refractivity contribution in [1.29, 1.82) is 0 Å². The Hall–Kier alpha value is -2.88. The Bertz CT molecular complexity index is 809. The predicted molar refractivity (Wildman–Crippen MR) is 88.1 cm³/mol. The van der Waals surface area contributed by atoms with Crippen LogP contribution in [0.5, 0.6) is 0 Å². The van der Waals surface area contributed by atoms with E-state index in [2.05, 4.69) is 20.1 Å². The highest BCUT2D eigenvalue weighted by Crippen LogP contribution is 2.25. The summed E-state index contributed by atoms with van der Waals surface area (Å²) in [6, 6.07) is -0.223. The molecule has 0 radical (unpaired) electrons. The van der Waals surface area contributed by atoms with Crippen LogP contribution in [0.4, 0.5) is 0 Å². The fraction of sp³-hybridized carbons (Fsp3) is 0.500. The van der Waals surface area contributed by atoms with Crippen molar-refractivity contribution < 1.29 is 14.3 Å². The van der Waals surface area contributed by atoms with Gasteiger partial charge in [0, 0.05) is 39.1 Å². The van der Waals surface area contributed by atoms with Crippen LogP contribution in [0.1, 0.15) is 27.5 Å². The van der Waals surface area contributed by atoms with Gasteiger partial charge in [-0.05, 0) is 6.42 Å². The zero-order valence-electron chi connectivity index (χ0n) is 14.4. The van der Waals surface area contributed by atoms with Crippen molar-refractivity contribution in [2.24, 2.45) is 7.05 Å². The highest BCUT2D eigenvalue weighted by atomic mass is 16.5. The molecule has 2 aromatic rings. The number of aryl methyl sites for hydroxylation is 1. The second kappa shape index (κ2) is 6.79. The van der Waals surface area contributed by atoms with Crippen LogP contribution in [0.25, 0.3) is 0 Å². The molecule has 2 amide bonds. The number of morpholine rings is 1. The summed E-state index contributed by atoms with van der Waals surface area (Å²) in [6.07, 6.45) is 6.54. The monoisotopic (exact) mass is 357 g/mol. The third kappa shape index (κ3) is 3.03. The number of hydrogen-bond acceptors (Lipinski definition) is 7. The molecule has 10 nitrogen and oxygen atoms in total. The van der Waals surface area contributed by atoms with Crippen LogP contribution >= 0.6 is 0 Å². The van der Waals surface area contributed by atoms with Crippen LogP contribution in [0.3, 0.4) is 0 Å². The minimum atomic E-state index is -0.235. The standard InChI is InChI=1S/C16H19N7O3/c1-21-10-19-14(20-21)16(25)22-5-2-13-12(9-22)23(6-7-26-13)15(24)11-8-17-3-4-18-11/h3-4,8,10,12-13H,2,5-7,9H2,1H3/t12-,13-/m0/s1. The Kier molecular flexibility index (Phi) is 4.33. The molecule has 2 aromatic heterocycles. The van der Waals surface area contributed by atoms with Gasteiger partial charge in [0.05, 0.1) is 24.9 Å². The number of carbonyl (C=O) groups is 2. The summed E-state index contributed by atoms with van der Waals surface area (Å²) in [5.74, 6) is -0.266. The van der Waals surface area contributed by atoms with E-state index in [9.17, 15) is 9.59 Å². The Labute approximate surface area is 149 Å². The van der Waals surface area contributed by atoms with E-state index in [0.717, 1.165) is 0 Å². The van der Waals surface area contributed by atoms with Crippen molar-refractivity contribution in [2.75, 3.05) is 26.2 Å². The number of aromatic nitrogens is 5. The smallest absolute Gasteiger partial charge is 0.293 e. The van der Waals surface area contributed by atoms with Crippen molar-refractivity contribution in [3.05, 3.63) is 36.4 Å². The van der Waals surface area contributed by atoms with E-state index in [1.165, 1.54) is 29.6 Å². The lowest BCUT2D eigenvalue weighted by molar-refractivity contribution is -0.0857. The number of ether oxygens (including phenoxy) is 1. The van der Waals surface area contributed by atoms with E-state index in [4.69, 9.17) is 4.74 Å². The molecule has 0 bridgehead atoms. The van der Waals surface area contributed by atoms with E-state index in [1.54, 1.807) is 16.8 Å². The van der Waals surface area contributed by atoms with E-state index in [1.807, 2.05) is 0 Å². The first-order valence-corrected chi connectivity index (χ1v) is 8.47. The van der Waals surface area contributed by atoms with Gasteiger partial charge in [0.2, 0.25) is 5.82 Å². The van der Waals surface area contributed by atoms with Crippen molar-refractivity contribution in [1.82, 2.24) is 34.5 Å². The maximum Gasteiger partial charge on any atom is 0.293 e. The normalized spacial score (nSPS) is 22.8. The second-order valence-corrected chi connectivity index (χ2v) is 6.35. The van der Waals surface area contributed by atoms with Crippen LogP contribution < -0.4 is 0 Å². The molecule has 4 rings (SSSR count). The molecule has 26 heavy (non-hydrogen) atoms. The average Bonchev–Trinajstić information content (AvgIpc) is 3.13. The number of fused-ring (bicyclic) bond motifs is 1. The Morgan fingerprint density at radius 3 is 2.81 bits per heavy atom. The molecule has 2 saturated heterocycles. The fourth-order valence-corrected chi connectivity index (χ4v) is 3.44. The van der Waals surface area contributed by atoms with Crippen LogP contribution in [-0.4, -0.2) is 84.7 Å². The minimum Gasteiger partial charge on any atom is -0.374 e. The van der Waals surface area contributed by atoms with Gasteiger partial charge in [-0.2, -0.15) is 0 Å². The van der Waals surface area contributed by atoms with Crippen LogP contribution in [0.2, 0.25) is 0 Å². The van der Waals surface area contributed by atoms with E-state index in [0.29, 0.717) is 38.4 Å².